The zero-order valence-corrected chi connectivity index (χ0v) is 9.95. The van der Waals surface area contributed by atoms with E-state index in [2.05, 4.69) is 36.1 Å². The fourth-order valence-corrected chi connectivity index (χ4v) is 3.09. The van der Waals surface area contributed by atoms with Crippen LogP contribution in [0.4, 0.5) is 5.69 Å². The molecule has 2 fully saturated rings. The topological polar surface area (TPSA) is 29.3 Å². The lowest BCUT2D eigenvalue weighted by Crippen LogP contribution is -2.60. The molecular weight excluding hydrogens is 196 g/mol. The average molecular weight is 216 g/mol. The zero-order chi connectivity index (χ0) is 11.2. The molecule has 0 amide bonds. The number of para-hydroxylation sites is 1. The third kappa shape index (κ3) is 1.44. The van der Waals surface area contributed by atoms with Crippen LogP contribution in [0.25, 0.3) is 0 Å². The Morgan fingerprint density at radius 1 is 1.25 bits per heavy atom. The van der Waals surface area contributed by atoms with Gasteiger partial charge < -0.3 is 10.6 Å². The number of benzene rings is 1. The molecule has 2 nitrogen and oxygen atoms in total. The van der Waals surface area contributed by atoms with Crippen LogP contribution < -0.4 is 10.6 Å². The summed E-state index contributed by atoms with van der Waals surface area (Å²) in [6.07, 6.45) is 4.30. The monoisotopic (exact) mass is 216 g/mol. The van der Waals surface area contributed by atoms with Gasteiger partial charge in [0.15, 0.2) is 0 Å². The van der Waals surface area contributed by atoms with E-state index in [-0.39, 0.29) is 6.04 Å². The zero-order valence-electron chi connectivity index (χ0n) is 9.95. The van der Waals surface area contributed by atoms with Crippen molar-refractivity contribution in [1.29, 1.82) is 0 Å². The van der Waals surface area contributed by atoms with Gasteiger partial charge in [0.25, 0.3) is 0 Å². The van der Waals surface area contributed by atoms with Crippen molar-refractivity contribution in [2.45, 2.75) is 32.2 Å². The van der Waals surface area contributed by atoms with E-state index < -0.39 is 0 Å². The molecule has 0 radical (unpaired) electrons. The SMILES string of the molecule is CC(N)c1ccccc1N1CC2(CCC2)C1. The number of nitrogens with two attached hydrogens (primary N) is 1. The molecule has 1 aromatic rings. The lowest BCUT2D eigenvalue weighted by atomic mass is 9.63. The molecular formula is C14H20N2. The van der Waals surface area contributed by atoms with Crippen molar-refractivity contribution >= 4 is 5.69 Å². The standard InChI is InChI=1S/C14H20N2/c1-11(15)12-5-2-3-6-13(12)16-9-14(10-16)7-4-8-14/h2-3,5-6,11H,4,7-10,15H2,1H3. The van der Waals surface area contributed by atoms with Gasteiger partial charge in [-0.15, -0.1) is 0 Å². The molecule has 1 saturated heterocycles. The van der Waals surface area contributed by atoms with E-state index in [9.17, 15) is 0 Å². The van der Waals surface area contributed by atoms with Crippen LogP contribution in [0.15, 0.2) is 24.3 Å². The Morgan fingerprint density at radius 3 is 2.50 bits per heavy atom. The third-order valence-electron chi connectivity index (χ3n) is 4.23. The Kier molecular flexibility index (Phi) is 2.21. The highest BCUT2D eigenvalue weighted by Gasteiger charge is 2.47. The van der Waals surface area contributed by atoms with Crippen LogP contribution in [-0.2, 0) is 0 Å². The van der Waals surface area contributed by atoms with E-state index >= 15 is 0 Å². The molecule has 1 aliphatic carbocycles. The lowest BCUT2D eigenvalue weighted by Gasteiger charge is -2.57. The van der Waals surface area contributed by atoms with Gasteiger partial charge in [0.05, 0.1) is 0 Å². The van der Waals surface area contributed by atoms with Crippen LogP contribution in [-0.4, -0.2) is 13.1 Å². The summed E-state index contributed by atoms with van der Waals surface area (Å²) in [5, 5.41) is 0. The summed E-state index contributed by atoms with van der Waals surface area (Å²) in [4.78, 5) is 2.50. The van der Waals surface area contributed by atoms with E-state index in [0.717, 1.165) is 0 Å². The summed E-state index contributed by atoms with van der Waals surface area (Å²) < 4.78 is 0. The minimum Gasteiger partial charge on any atom is -0.370 e. The van der Waals surface area contributed by atoms with E-state index in [1.807, 2.05) is 0 Å². The Bertz CT molecular complexity index is 385. The van der Waals surface area contributed by atoms with Crippen molar-refractivity contribution in [3.8, 4) is 0 Å². The second-order valence-electron chi connectivity index (χ2n) is 5.56. The molecule has 2 aliphatic rings. The van der Waals surface area contributed by atoms with Gasteiger partial charge in [-0.25, -0.2) is 0 Å². The lowest BCUT2D eigenvalue weighted by molar-refractivity contribution is 0.0902. The Hall–Kier alpha value is -1.02. The van der Waals surface area contributed by atoms with Crippen LogP contribution in [0, 0.1) is 5.41 Å². The summed E-state index contributed by atoms with van der Waals surface area (Å²) in [5.74, 6) is 0. The first kappa shape index (κ1) is 10.2. The largest absolute Gasteiger partial charge is 0.370 e. The molecule has 1 atom stereocenters. The summed E-state index contributed by atoms with van der Waals surface area (Å²) in [5.41, 5.74) is 9.35. The quantitative estimate of drug-likeness (QED) is 0.823. The van der Waals surface area contributed by atoms with Crippen molar-refractivity contribution < 1.29 is 0 Å². The third-order valence-corrected chi connectivity index (χ3v) is 4.23. The van der Waals surface area contributed by atoms with Crippen molar-refractivity contribution in [2.24, 2.45) is 11.1 Å². The van der Waals surface area contributed by atoms with Gasteiger partial charge in [0.2, 0.25) is 0 Å². The Labute approximate surface area is 97.4 Å². The molecule has 1 unspecified atom stereocenters. The summed E-state index contributed by atoms with van der Waals surface area (Å²) in [6, 6.07) is 8.71. The summed E-state index contributed by atoms with van der Waals surface area (Å²) in [7, 11) is 0. The first-order valence-electron chi connectivity index (χ1n) is 6.30. The fourth-order valence-electron chi connectivity index (χ4n) is 3.09. The van der Waals surface area contributed by atoms with E-state index in [0.29, 0.717) is 5.41 Å². The molecule has 0 aromatic heterocycles. The highest BCUT2D eigenvalue weighted by molar-refractivity contribution is 5.57. The molecule has 86 valence electrons. The molecule has 0 bridgehead atoms. The van der Waals surface area contributed by atoms with Gasteiger partial charge in [-0.3, -0.25) is 0 Å². The fraction of sp³-hybridized carbons (Fsp3) is 0.571. The second-order valence-corrected chi connectivity index (χ2v) is 5.56. The van der Waals surface area contributed by atoms with Crippen LogP contribution in [0.3, 0.4) is 0 Å². The van der Waals surface area contributed by atoms with Gasteiger partial charge in [0.1, 0.15) is 0 Å². The molecule has 2 heteroatoms. The van der Waals surface area contributed by atoms with Gasteiger partial charge >= 0.3 is 0 Å². The predicted octanol–water partition coefficient (Wildman–Crippen LogP) is 2.70. The molecule has 1 heterocycles. The first-order valence-corrected chi connectivity index (χ1v) is 6.30. The number of hydrogen-bond acceptors (Lipinski definition) is 2. The van der Waals surface area contributed by atoms with Gasteiger partial charge in [-0.2, -0.15) is 0 Å². The minimum atomic E-state index is 0.133. The second kappa shape index (κ2) is 3.49. The minimum absolute atomic E-state index is 0.133. The van der Waals surface area contributed by atoms with Crippen molar-refractivity contribution in [3.63, 3.8) is 0 Å². The molecule has 1 aliphatic heterocycles. The van der Waals surface area contributed by atoms with Crippen LogP contribution >= 0.6 is 0 Å². The molecule has 3 rings (SSSR count). The van der Waals surface area contributed by atoms with Gasteiger partial charge in [-0.05, 0) is 31.4 Å². The smallest absolute Gasteiger partial charge is 0.0414 e. The maximum Gasteiger partial charge on any atom is 0.0414 e. The van der Waals surface area contributed by atoms with Gasteiger partial charge in [-0.1, -0.05) is 24.6 Å². The summed E-state index contributed by atoms with van der Waals surface area (Å²) in [6.45, 7) is 4.56. The predicted molar refractivity (Wildman–Crippen MR) is 67.5 cm³/mol. The highest BCUT2D eigenvalue weighted by Crippen LogP contribution is 2.50. The van der Waals surface area contributed by atoms with E-state index in [4.69, 9.17) is 5.73 Å². The molecule has 1 spiro atoms. The average Bonchev–Trinajstić information content (AvgIpc) is 2.14. The van der Waals surface area contributed by atoms with Crippen molar-refractivity contribution in [3.05, 3.63) is 29.8 Å². The van der Waals surface area contributed by atoms with E-state index in [1.54, 1.807) is 0 Å². The molecule has 16 heavy (non-hydrogen) atoms. The first-order chi connectivity index (χ1) is 7.70. The highest BCUT2D eigenvalue weighted by atomic mass is 15.2. The van der Waals surface area contributed by atoms with Crippen LogP contribution in [0.1, 0.15) is 37.8 Å². The van der Waals surface area contributed by atoms with Crippen LogP contribution in [0.2, 0.25) is 0 Å². The van der Waals surface area contributed by atoms with E-state index in [1.165, 1.54) is 43.6 Å². The maximum absolute atomic E-state index is 6.02. The Morgan fingerprint density at radius 2 is 1.94 bits per heavy atom. The molecule has 2 N–H and O–H groups in total. The maximum atomic E-state index is 6.02. The van der Waals surface area contributed by atoms with Crippen LogP contribution in [0.5, 0.6) is 0 Å². The number of nitrogens with zero attached hydrogens (tertiary/aromatic N) is 1. The number of hydrogen-bond donors (Lipinski definition) is 1. The number of rotatable bonds is 2. The molecule has 1 saturated carbocycles. The van der Waals surface area contributed by atoms with Gasteiger partial charge in [0, 0.05) is 30.2 Å². The Balaban J connectivity index is 1.80. The molecule has 1 aromatic carbocycles. The summed E-state index contributed by atoms with van der Waals surface area (Å²) >= 11 is 0. The normalized spacial score (nSPS) is 23.8. The number of anilines is 1. The van der Waals surface area contributed by atoms with Crippen molar-refractivity contribution in [1.82, 2.24) is 0 Å². The van der Waals surface area contributed by atoms with Crippen molar-refractivity contribution in [2.75, 3.05) is 18.0 Å².